The minimum Gasteiger partial charge on any atom is -0.388 e. The fourth-order valence-corrected chi connectivity index (χ4v) is 13.9. The lowest BCUT2D eigenvalue weighted by Gasteiger charge is -2.46. The molecule has 0 unspecified atom stereocenters. The van der Waals surface area contributed by atoms with Crippen molar-refractivity contribution >= 4 is 38.9 Å². The van der Waals surface area contributed by atoms with Crippen LogP contribution in [0.3, 0.4) is 0 Å². The number of oxazole rings is 1. The summed E-state index contributed by atoms with van der Waals surface area (Å²) in [5, 5.41) is 0. The molecule has 11 heterocycles. The number of quaternary nitrogens is 2. The SMILES string of the molecule is CC(C)N1CC[N+](C)(C(C)C)CC1.CC(C)[N+]1(C(C)C)CC=CC1.CC(C)c1cc[n+](C(C)C)c2c1CCC2.CC(C)c1ccc2c[n+](C(C)C)cn2c1.CC(C)c1nc2ccc[n+](C(C)C)c2o1.CC(C)n1ccc2c1ccc[n+]2C(C)C.CC(C)n1cnc2c1ccc[n+]2C(C)C. The van der Waals surface area contributed by atoms with E-state index in [1.165, 1.54) is 95.1 Å². The van der Waals surface area contributed by atoms with E-state index in [0.29, 0.717) is 60.0 Å². The summed E-state index contributed by atoms with van der Waals surface area (Å²) < 4.78 is 26.3. The Balaban J connectivity index is 0.000000183. The van der Waals surface area contributed by atoms with Gasteiger partial charge in [-0.25, -0.2) is 23.1 Å². The fourth-order valence-electron chi connectivity index (χ4n) is 13.9. The molecule has 12 rings (SSSR count). The van der Waals surface area contributed by atoms with E-state index in [-0.39, 0.29) is 0 Å². The van der Waals surface area contributed by atoms with E-state index in [4.69, 9.17) is 4.42 Å². The molecule has 1 fully saturated rings. The van der Waals surface area contributed by atoms with Gasteiger partial charge in [-0.15, -0.1) is 0 Å². The maximum absolute atomic E-state index is 5.77. The van der Waals surface area contributed by atoms with Crippen molar-refractivity contribution in [2.75, 3.05) is 46.3 Å². The van der Waals surface area contributed by atoms with Crippen LogP contribution in [-0.2, 0) is 12.8 Å². The van der Waals surface area contributed by atoms with Gasteiger partial charge in [-0.3, -0.25) is 4.90 Å². The third kappa shape index (κ3) is 20.6. The lowest BCUT2D eigenvalue weighted by Crippen LogP contribution is -2.61. The number of imidazole rings is 2. The van der Waals surface area contributed by atoms with Gasteiger partial charge in [-0.2, -0.15) is 9.13 Å². The van der Waals surface area contributed by atoms with Gasteiger partial charge in [0.25, 0.3) is 0 Å². The third-order valence-electron chi connectivity index (χ3n) is 21.1. The van der Waals surface area contributed by atoms with Crippen molar-refractivity contribution in [1.82, 2.24) is 28.4 Å². The Bertz CT molecular complexity index is 3770. The summed E-state index contributed by atoms with van der Waals surface area (Å²) in [4.78, 5) is 11.5. The molecule has 0 N–H and O–H groups in total. The largest absolute Gasteiger partial charge is 0.401 e. The topological polar surface area (TPSA) is 75.8 Å². The first-order valence-electron chi connectivity index (χ1n) is 38.4. The zero-order valence-electron chi connectivity index (χ0n) is 67.8. The number of likely N-dealkylation sites (N-methyl/N-ethyl adjacent to an activating group) is 1. The number of pyridine rings is 5. The van der Waals surface area contributed by atoms with E-state index >= 15 is 0 Å². The predicted molar refractivity (Wildman–Crippen MR) is 415 cm³/mol. The van der Waals surface area contributed by atoms with Crippen LogP contribution in [0.4, 0.5) is 0 Å². The zero-order valence-corrected chi connectivity index (χ0v) is 67.8. The normalized spacial score (nSPS) is 15.1. The number of hydrogen-bond acceptors (Lipinski definition) is 4. The number of nitrogens with zero attached hydrogens (tertiary/aromatic N) is 13. The minimum atomic E-state index is 0.331. The van der Waals surface area contributed by atoms with E-state index in [1.54, 1.807) is 16.8 Å². The summed E-state index contributed by atoms with van der Waals surface area (Å²) in [5.41, 5.74) is 14.2. The monoisotopic (exact) mass is 1360 g/mol. The van der Waals surface area contributed by atoms with E-state index in [1.807, 2.05) is 24.7 Å². The first kappa shape index (κ1) is 81.4. The number of aromatic nitrogens is 10. The zero-order chi connectivity index (χ0) is 73.5. The molecule has 1 aliphatic carbocycles. The first-order chi connectivity index (χ1) is 46.5. The van der Waals surface area contributed by atoms with Crippen LogP contribution in [0, 0.1) is 0 Å². The average molecular weight is 1360 g/mol. The van der Waals surface area contributed by atoms with Gasteiger partial charge in [0.05, 0.1) is 75.8 Å². The van der Waals surface area contributed by atoms with Gasteiger partial charge in [0, 0.05) is 79.6 Å². The lowest BCUT2D eigenvalue weighted by atomic mass is 9.97. The van der Waals surface area contributed by atoms with Crippen LogP contribution in [0.25, 0.3) is 38.9 Å². The number of piperazine rings is 1. The van der Waals surface area contributed by atoms with Crippen molar-refractivity contribution in [2.45, 2.75) is 297 Å². The predicted octanol–water partition coefficient (Wildman–Crippen LogP) is 18.2. The second kappa shape index (κ2) is 36.3. The summed E-state index contributed by atoms with van der Waals surface area (Å²) in [6, 6.07) is 27.9. The van der Waals surface area contributed by atoms with Gasteiger partial charge in [0.15, 0.2) is 53.4 Å². The summed E-state index contributed by atoms with van der Waals surface area (Å²) >= 11 is 0. The second-order valence-corrected chi connectivity index (χ2v) is 32.7. The molecule has 99 heavy (non-hydrogen) atoms. The highest BCUT2D eigenvalue weighted by Gasteiger charge is 2.36. The van der Waals surface area contributed by atoms with Crippen molar-refractivity contribution in [3.63, 3.8) is 0 Å². The maximum atomic E-state index is 5.77. The molecule has 2 aliphatic heterocycles. The van der Waals surface area contributed by atoms with Gasteiger partial charge in [-0.05, 0) is 236 Å². The molecule has 9 aromatic rings. The lowest BCUT2D eigenvalue weighted by molar-refractivity contribution is -0.952. The Morgan fingerprint density at radius 2 is 1.08 bits per heavy atom. The molecule has 0 bridgehead atoms. The third-order valence-corrected chi connectivity index (χ3v) is 21.1. The standard InChI is InChI=1S/C14H22N.2C13H19N2.C12H18N3.C12H17N2O.C11H25N2.C10H20N/c1-10(2)12-8-9-15(11(3)4)14-7-5-6-13(12)14;1-10(2)12-5-6-13-8-14(11(3)4)9-15(13)7-12;1-10(2)14-8-5-6-12-13(14)7-9-15(12)11(3)4;1-9(2)14-7-5-6-11-12(14)13-8-15(11)10(3)4;1-8(2)11-13-10-6-5-7-14(9(3)4)12(10)15-11;1-10(2)12-6-8-13(5,9-7-12)11(3)4;1-9(2)11(10(3)4)7-5-6-8-11/h8-11H,5-7H2,1-4H3;2*5-11H,1-4H3;5-10H,1-4H3;5-9H,1-4H3;10-11H,6-9H2,1-5H3;5-6,9-10H,7-8H2,1-4H3/q7*+1. The summed E-state index contributed by atoms with van der Waals surface area (Å²) in [7, 11) is 2.39. The number of rotatable bonds is 14. The van der Waals surface area contributed by atoms with E-state index in [2.05, 4.69) is 356 Å². The van der Waals surface area contributed by atoms with Crippen LogP contribution < -0.4 is 22.8 Å². The number of hydrogen-bond donors (Lipinski definition) is 0. The first-order valence-corrected chi connectivity index (χ1v) is 38.4. The Labute approximate surface area is 601 Å². The van der Waals surface area contributed by atoms with Gasteiger partial charge in [0.2, 0.25) is 24.1 Å². The van der Waals surface area contributed by atoms with Gasteiger partial charge in [0.1, 0.15) is 17.2 Å². The highest BCUT2D eigenvalue weighted by Crippen LogP contribution is 2.29. The molecule has 0 amide bonds. The molecular formula is C85H140N13O+7. The molecule has 544 valence electrons. The van der Waals surface area contributed by atoms with E-state index in [9.17, 15) is 0 Å². The summed E-state index contributed by atoms with van der Waals surface area (Å²) in [6.07, 6.45) is 27.8. The highest BCUT2D eigenvalue weighted by molar-refractivity contribution is 5.72. The Kier molecular flexibility index (Phi) is 29.8. The van der Waals surface area contributed by atoms with Gasteiger partial charge >= 0.3 is 11.4 Å². The molecule has 0 saturated carbocycles. The summed E-state index contributed by atoms with van der Waals surface area (Å²) in [6.45, 7) is 70.2. The molecular weight excluding hydrogens is 1220 g/mol. The molecule has 3 aliphatic rings. The molecule has 14 heteroatoms. The Morgan fingerprint density at radius 1 is 0.515 bits per heavy atom. The fraction of sp³-hybridized carbons (Fsp3) is 0.612. The molecule has 9 aromatic heterocycles. The number of fused-ring (bicyclic) bond motifs is 5. The summed E-state index contributed by atoms with van der Waals surface area (Å²) in [5.74, 6) is 2.39. The molecule has 0 aromatic carbocycles. The van der Waals surface area contributed by atoms with Crippen molar-refractivity contribution in [3.05, 3.63) is 157 Å². The Hall–Kier alpha value is -6.61. The van der Waals surface area contributed by atoms with E-state index < -0.39 is 0 Å². The van der Waals surface area contributed by atoms with Crippen LogP contribution in [-0.4, -0.2) is 108 Å². The molecule has 0 atom stereocenters. The van der Waals surface area contributed by atoms with Crippen molar-refractivity contribution < 1.29 is 36.2 Å². The van der Waals surface area contributed by atoms with Crippen LogP contribution in [0.2, 0.25) is 0 Å². The molecule has 1 saturated heterocycles. The second-order valence-electron chi connectivity index (χ2n) is 32.7. The van der Waals surface area contributed by atoms with Crippen molar-refractivity contribution in [2.24, 2.45) is 0 Å². The van der Waals surface area contributed by atoms with Crippen LogP contribution in [0.5, 0.6) is 0 Å². The maximum Gasteiger partial charge on any atom is 0.401 e. The van der Waals surface area contributed by atoms with Gasteiger partial charge < -0.3 is 22.5 Å². The van der Waals surface area contributed by atoms with Gasteiger partial charge in [-0.1, -0.05) is 47.6 Å². The molecule has 14 nitrogen and oxygen atoms in total. The van der Waals surface area contributed by atoms with Crippen molar-refractivity contribution in [1.29, 1.82) is 0 Å². The average Bonchev–Trinajstić information content (AvgIpc) is 1.74. The highest BCUT2D eigenvalue weighted by atomic mass is 16.4. The smallest absolute Gasteiger partial charge is 0.388 e. The van der Waals surface area contributed by atoms with Crippen LogP contribution >= 0.6 is 0 Å². The minimum absolute atomic E-state index is 0.331. The quantitative estimate of drug-likeness (QED) is 0.0618. The van der Waals surface area contributed by atoms with E-state index in [0.717, 1.165) is 46.9 Å². The molecule has 0 radical (unpaired) electrons. The Morgan fingerprint density at radius 3 is 1.59 bits per heavy atom. The van der Waals surface area contributed by atoms with Crippen LogP contribution in [0.1, 0.15) is 289 Å². The molecule has 0 spiro atoms. The van der Waals surface area contributed by atoms with Crippen molar-refractivity contribution in [3.8, 4) is 0 Å². The van der Waals surface area contributed by atoms with Crippen LogP contribution in [0.15, 0.2) is 133 Å².